The van der Waals surface area contributed by atoms with E-state index in [0.29, 0.717) is 29.6 Å². The smallest absolute Gasteiger partial charge is 0.256 e. The van der Waals surface area contributed by atoms with Gasteiger partial charge in [0.15, 0.2) is 0 Å². The molecule has 3 aromatic rings. The average Bonchev–Trinajstić information content (AvgIpc) is 3.16. The van der Waals surface area contributed by atoms with Crippen molar-refractivity contribution in [1.82, 2.24) is 9.88 Å². The number of carbonyl (C=O) groups excluding carboxylic acids is 1. The van der Waals surface area contributed by atoms with E-state index in [1.807, 2.05) is 6.07 Å². The van der Waals surface area contributed by atoms with Crippen LogP contribution in [0.1, 0.15) is 18.0 Å². The van der Waals surface area contributed by atoms with Crippen molar-refractivity contribution in [3.8, 4) is 11.1 Å². The maximum absolute atomic E-state index is 13.5. The molecule has 4 rings (SSSR count). The molecule has 1 aromatic heterocycles. The molecule has 0 bridgehead atoms. The number of aromatic nitrogens is 1. The number of rotatable bonds is 3. The van der Waals surface area contributed by atoms with E-state index in [9.17, 15) is 18.4 Å². The number of hydrogen-bond acceptors (Lipinski definition) is 2. The minimum Gasteiger partial charge on any atom is -0.338 e. The van der Waals surface area contributed by atoms with E-state index in [2.05, 4.69) is 11.6 Å². The second kappa shape index (κ2) is 7.03. The number of carbonyl (C=O) groups is 1. The van der Waals surface area contributed by atoms with E-state index in [-0.39, 0.29) is 17.4 Å². The summed E-state index contributed by atoms with van der Waals surface area (Å²) < 4.78 is 27.0. The number of aromatic amines is 1. The van der Waals surface area contributed by atoms with Crippen LogP contribution in [0.25, 0.3) is 21.9 Å². The van der Waals surface area contributed by atoms with Gasteiger partial charge in [-0.15, -0.1) is 0 Å². The number of amides is 1. The topological polar surface area (TPSA) is 53.2 Å². The summed E-state index contributed by atoms with van der Waals surface area (Å²) in [6, 6.07) is 10.3. The molecule has 0 aliphatic carbocycles. The Bertz CT molecular complexity index is 1130. The molecule has 6 heteroatoms. The Morgan fingerprint density at radius 2 is 1.86 bits per heavy atom. The van der Waals surface area contributed by atoms with E-state index < -0.39 is 11.6 Å². The van der Waals surface area contributed by atoms with Crippen molar-refractivity contribution in [2.75, 3.05) is 13.1 Å². The largest absolute Gasteiger partial charge is 0.338 e. The summed E-state index contributed by atoms with van der Waals surface area (Å²) >= 11 is 0. The molecule has 4 nitrogen and oxygen atoms in total. The Hall–Kier alpha value is -3.28. The zero-order valence-corrected chi connectivity index (χ0v) is 15.0. The van der Waals surface area contributed by atoms with E-state index >= 15 is 0 Å². The van der Waals surface area contributed by atoms with Crippen LogP contribution in [-0.2, 0) is 4.79 Å². The third-order valence-corrected chi connectivity index (χ3v) is 5.18. The predicted octanol–water partition coefficient (Wildman–Crippen LogP) is 3.98. The van der Waals surface area contributed by atoms with Crippen LogP contribution in [0.2, 0.25) is 0 Å². The van der Waals surface area contributed by atoms with Crippen molar-refractivity contribution < 1.29 is 13.6 Å². The minimum absolute atomic E-state index is 0.0537. The van der Waals surface area contributed by atoms with Gasteiger partial charge >= 0.3 is 0 Å². The third-order valence-electron chi connectivity index (χ3n) is 5.18. The van der Waals surface area contributed by atoms with Crippen LogP contribution in [0.4, 0.5) is 8.78 Å². The van der Waals surface area contributed by atoms with E-state index in [4.69, 9.17) is 0 Å². The summed E-state index contributed by atoms with van der Waals surface area (Å²) in [6.45, 7) is 4.67. The quantitative estimate of drug-likeness (QED) is 0.699. The lowest BCUT2D eigenvalue weighted by molar-refractivity contribution is -0.125. The standard InChI is InChI=1S/C22H18F2N2O2/c1-2-21(27)26-6-5-15(12-26)20-10-14-4-3-13(9-19(14)22(28)25-20)16-7-17(23)11-18(24)8-16/h2-4,7-11,15H,1,5-6,12H2,(H,25,28). The summed E-state index contributed by atoms with van der Waals surface area (Å²) in [5.74, 6) is -1.39. The van der Waals surface area contributed by atoms with Gasteiger partial charge in [-0.2, -0.15) is 0 Å². The molecule has 1 saturated heterocycles. The highest BCUT2D eigenvalue weighted by Crippen LogP contribution is 2.29. The minimum atomic E-state index is -0.667. The van der Waals surface area contributed by atoms with Gasteiger partial charge in [0.1, 0.15) is 11.6 Å². The summed E-state index contributed by atoms with van der Waals surface area (Å²) in [5, 5.41) is 1.19. The molecule has 1 atom stereocenters. The van der Waals surface area contributed by atoms with Crippen molar-refractivity contribution in [3.05, 3.63) is 82.8 Å². The number of fused-ring (bicyclic) bond motifs is 1. The number of pyridine rings is 1. The molecule has 1 N–H and O–H groups in total. The molecule has 2 heterocycles. The number of halogens is 2. The van der Waals surface area contributed by atoms with Crippen LogP contribution in [0.15, 0.2) is 59.9 Å². The molecular weight excluding hydrogens is 362 g/mol. The first-order valence-electron chi connectivity index (χ1n) is 8.99. The number of benzene rings is 2. The van der Waals surface area contributed by atoms with Crippen LogP contribution < -0.4 is 5.56 Å². The van der Waals surface area contributed by atoms with Crippen molar-refractivity contribution in [2.24, 2.45) is 0 Å². The van der Waals surface area contributed by atoms with Gasteiger partial charge in [-0.05, 0) is 53.3 Å². The van der Waals surface area contributed by atoms with Gasteiger partial charge in [-0.3, -0.25) is 9.59 Å². The zero-order valence-electron chi connectivity index (χ0n) is 15.0. The lowest BCUT2D eigenvalue weighted by Gasteiger charge is -2.15. The molecule has 28 heavy (non-hydrogen) atoms. The Kier molecular flexibility index (Phi) is 4.55. The monoisotopic (exact) mass is 380 g/mol. The number of nitrogens with one attached hydrogen (secondary N) is 1. The number of nitrogens with zero attached hydrogens (tertiary/aromatic N) is 1. The molecule has 1 amide bonds. The van der Waals surface area contributed by atoms with Gasteiger partial charge in [0.2, 0.25) is 5.91 Å². The third kappa shape index (κ3) is 3.33. The zero-order chi connectivity index (χ0) is 19.8. The average molecular weight is 380 g/mol. The summed E-state index contributed by atoms with van der Waals surface area (Å²) in [6.07, 6.45) is 2.06. The van der Waals surface area contributed by atoms with Gasteiger partial charge in [-0.25, -0.2) is 8.78 Å². The maximum atomic E-state index is 13.5. The van der Waals surface area contributed by atoms with Gasteiger partial charge in [0, 0.05) is 36.2 Å². The van der Waals surface area contributed by atoms with Crippen molar-refractivity contribution in [3.63, 3.8) is 0 Å². The summed E-state index contributed by atoms with van der Waals surface area (Å²) in [7, 11) is 0. The molecular formula is C22H18F2N2O2. The molecule has 1 unspecified atom stereocenters. The SMILES string of the molecule is C=CC(=O)N1CCC(c2cc3ccc(-c4cc(F)cc(F)c4)cc3c(=O)[nH]2)C1. The summed E-state index contributed by atoms with van der Waals surface area (Å²) in [5.41, 5.74) is 1.45. The van der Waals surface area contributed by atoms with E-state index in [1.165, 1.54) is 18.2 Å². The molecule has 0 saturated carbocycles. The van der Waals surface area contributed by atoms with Gasteiger partial charge in [0.25, 0.3) is 5.56 Å². The van der Waals surface area contributed by atoms with Gasteiger partial charge in [0.05, 0.1) is 0 Å². The normalized spacial score (nSPS) is 16.5. The molecule has 1 aliphatic rings. The maximum Gasteiger partial charge on any atom is 0.256 e. The number of likely N-dealkylation sites (tertiary alicyclic amines) is 1. The second-order valence-corrected chi connectivity index (χ2v) is 6.99. The van der Waals surface area contributed by atoms with Crippen LogP contribution in [-0.4, -0.2) is 28.9 Å². The molecule has 142 valence electrons. The summed E-state index contributed by atoms with van der Waals surface area (Å²) in [4.78, 5) is 29.0. The van der Waals surface area contributed by atoms with E-state index in [0.717, 1.165) is 23.6 Å². The van der Waals surface area contributed by atoms with Gasteiger partial charge < -0.3 is 9.88 Å². The first kappa shape index (κ1) is 18.1. The fourth-order valence-electron chi connectivity index (χ4n) is 3.74. The highest BCUT2D eigenvalue weighted by atomic mass is 19.1. The van der Waals surface area contributed by atoms with Gasteiger partial charge in [-0.1, -0.05) is 18.7 Å². The van der Waals surface area contributed by atoms with Crippen LogP contribution in [0.3, 0.4) is 0 Å². The highest BCUT2D eigenvalue weighted by molar-refractivity contribution is 5.88. The predicted molar refractivity (Wildman–Crippen MR) is 104 cm³/mol. The molecule has 1 fully saturated rings. The first-order chi connectivity index (χ1) is 13.4. The Labute approximate surface area is 160 Å². The van der Waals surface area contributed by atoms with Crippen molar-refractivity contribution in [1.29, 1.82) is 0 Å². The Morgan fingerprint density at radius 1 is 1.11 bits per heavy atom. The first-order valence-corrected chi connectivity index (χ1v) is 8.99. The van der Waals surface area contributed by atoms with E-state index in [1.54, 1.807) is 23.1 Å². The second-order valence-electron chi connectivity index (χ2n) is 6.99. The number of hydrogen-bond donors (Lipinski definition) is 1. The van der Waals surface area contributed by atoms with Crippen molar-refractivity contribution in [2.45, 2.75) is 12.3 Å². The lowest BCUT2D eigenvalue weighted by atomic mass is 9.98. The highest BCUT2D eigenvalue weighted by Gasteiger charge is 2.27. The molecule has 1 aliphatic heterocycles. The Morgan fingerprint density at radius 3 is 2.57 bits per heavy atom. The Balaban J connectivity index is 1.70. The molecule has 0 spiro atoms. The fraction of sp³-hybridized carbons (Fsp3) is 0.182. The van der Waals surface area contributed by atoms with Crippen LogP contribution >= 0.6 is 0 Å². The van der Waals surface area contributed by atoms with Crippen LogP contribution in [0, 0.1) is 11.6 Å². The van der Waals surface area contributed by atoms with Crippen molar-refractivity contribution >= 4 is 16.7 Å². The molecule has 2 aromatic carbocycles. The fourth-order valence-corrected chi connectivity index (χ4v) is 3.74. The lowest BCUT2D eigenvalue weighted by Crippen LogP contribution is -2.26. The number of H-pyrrole nitrogens is 1. The molecule has 0 radical (unpaired) electrons. The van der Waals surface area contributed by atoms with Crippen LogP contribution in [0.5, 0.6) is 0 Å².